The lowest BCUT2D eigenvalue weighted by atomic mass is 10.1. The van der Waals surface area contributed by atoms with Gasteiger partial charge < -0.3 is 9.73 Å². The minimum Gasteiger partial charge on any atom is -0.467 e. The standard InChI is InChI=1S/C13H19NO/c1-4-6-7-12(14-9-5-2)13-11(3)8-10-15-13/h1,8,10,12,14H,5-7,9H2,2-3H3. The molecule has 0 aliphatic heterocycles. The highest BCUT2D eigenvalue weighted by Crippen LogP contribution is 2.22. The normalized spacial score (nSPS) is 12.3. The molecule has 0 fully saturated rings. The van der Waals surface area contributed by atoms with Crippen molar-refractivity contribution in [2.75, 3.05) is 6.54 Å². The Balaban J connectivity index is 2.63. The Kier molecular flexibility index (Phi) is 5.00. The molecule has 0 aliphatic rings. The molecule has 0 saturated carbocycles. The van der Waals surface area contributed by atoms with Crippen molar-refractivity contribution < 1.29 is 4.42 Å². The summed E-state index contributed by atoms with van der Waals surface area (Å²) in [6, 6.07) is 2.25. The number of hydrogen-bond donors (Lipinski definition) is 1. The molecule has 1 aromatic heterocycles. The van der Waals surface area contributed by atoms with Gasteiger partial charge in [-0.2, -0.15) is 0 Å². The van der Waals surface area contributed by atoms with E-state index in [0.29, 0.717) is 0 Å². The van der Waals surface area contributed by atoms with Gasteiger partial charge in [-0.25, -0.2) is 0 Å². The zero-order valence-electron chi connectivity index (χ0n) is 9.55. The molecule has 0 aromatic carbocycles. The number of furan rings is 1. The molecule has 0 spiro atoms. The largest absolute Gasteiger partial charge is 0.467 e. The van der Waals surface area contributed by atoms with Gasteiger partial charge in [-0.05, 0) is 37.9 Å². The summed E-state index contributed by atoms with van der Waals surface area (Å²) < 4.78 is 5.49. The molecule has 0 aliphatic carbocycles. The molecule has 15 heavy (non-hydrogen) atoms. The summed E-state index contributed by atoms with van der Waals surface area (Å²) in [6.45, 7) is 5.21. The van der Waals surface area contributed by atoms with E-state index >= 15 is 0 Å². The van der Waals surface area contributed by atoms with Gasteiger partial charge in [-0.1, -0.05) is 6.92 Å². The second kappa shape index (κ2) is 6.31. The highest BCUT2D eigenvalue weighted by atomic mass is 16.3. The highest BCUT2D eigenvalue weighted by Gasteiger charge is 2.15. The second-order valence-corrected chi connectivity index (χ2v) is 3.72. The first-order valence-electron chi connectivity index (χ1n) is 5.50. The van der Waals surface area contributed by atoms with Crippen LogP contribution in [0.4, 0.5) is 0 Å². The minimum atomic E-state index is 0.260. The first kappa shape index (κ1) is 11.9. The average molecular weight is 205 g/mol. The fraction of sp³-hybridized carbons (Fsp3) is 0.538. The number of nitrogens with one attached hydrogen (secondary N) is 1. The fourth-order valence-corrected chi connectivity index (χ4v) is 1.61. The van der Waals surface area contributed by atoms with Crippen LogP contribution in [0.1, 0.15) is 43.6 Å². The molecule has 1 heterocycles. The molecule has 1 rings (SSSR count). The third kappa shape index (κ3) is 3.45. The molecule has 2 heteroatoms. The zero-order chi connectivity index (χ0) is 11.1. The smallest absolute Gasteiger partial charge is 0.123 e. The second-order valence-electron chi connectivity index (χ2n) is 3.72. The van der Waals surface area contributed by atoms with E-state index in [1.165, 1.54) is 5.56 Å². The first-order chi connectivity index (χ1) is 7.29. The number of hydrogen-bond acceptors (Lipinski definition) is 2. The summed E-state index contributed by atoms with van der Waals surface area (Å²) >= 11 is 0. The van der Waals surface area contributed by atoms with Crippen molar-refractivity contribution in [2.24, 2.45) is 0 Å². The molecule has 0 amide bonds. The maximum absolute atomic E-state index is 5.49. The van der Waals surface area contributed by atoms with Crippen LogP contribution in [0, 0.1) is 19.3 Å². The lowest BCUT2D eigenvalue weighted by Gasteiger charge is -2.15. The third-order valence-corrected chi connectivity index (χ3v) is 2.44. The van der Waals surface area contributed by atoms with Crippen LogP contribution in [0.25, 0.3) is 0 Å². The van der Waals surface area contributed by atoms with Crippen LogP contribution in [0.2, 0.25) is 0 Å². The predicted molar refractivity (Wildman–Crippen MR) is 62.5 cm³/mol. The summed E-state index contributed by atoms with van der Waals surface area (Å²) in [6.07, 6.45) is 9.86. The molecule has 2 nitrogen and oxygen atoms in total. The van der Waals surface area contributed by atoms with Crippen LogP contribution in [-0.4, -0.2) is 6.54 Å². The summed E-state index contributed by atoms with van der Waals surface area (Å²) in [5, 5.41) is 3.46. The average Bonchev–Trinajstić information content (AvgIpc) is 2.65. The minimum absolute atomic E-state index is 0.260. The Morgan fingerprint density at radius 1 is 1.60 bits per heavy atom. The van der Waals surface area contributed by atoms with Gasteiger partial charge in [0, 0.05) is 6.42 Å². The predicted octanol–water partition coefficient (Wildman–Crippen LogP) is 3.04. The van der Waals surface area contributed by atoms with Gasteiger partial charge in [0.05, 0.1) is 12.3 Å². The maximum Gasteiger partial charge on any atom is 0.123 e. The molecule has 1 aromatic rings. The van der Waals surface area contributed by atoms with E-state index in [1.807, 2.05) is 6.07 Å². The van der Waals surface area contributed by atoms with E-state index in [0.717, 1.165) is 31.6 Å². The van der Waals surface area contributed by atoms with Crippen LogP contribution in [0.5, 0.6) is 0 Å². The van der Waals surface area contributed by atoms with E-state index < -0.39 is 0 Å². The number of terminal acetylenes is 1. The topological polar surface area (TPSA) is 25.2 Å². The summed E-state index contributed by atoms with van der Waals surface area (Å²) in [4.78, 5) is 0. The maximum atomic E-state index is 5.49. The Labute approximate surface area is 92.1 Å². The van der Waals surface area contributed by atoms with Gasteiger partial charge in [0.2, 0.25) is 0 Å². The van der Waals surface area contributed by atoms with Crippen molar-refractivity contribution in [1.29, 1.82) is 0 Å². The Morgan fingerprint density at radius 3 is 2.93 bits per heavy atom. The van der Waals surface area contributed by atoms with Crippen molar-refractivity contribution in [1.82, 2.24) is 5.32 Å². The van der Waals surface area contributed by atoms with E-state index in [4.69, 9.17) is 10.8 Å². The Hall–Kier alpha value is -1.20. The highest BCUT2D eigenvalue weighted by molar-refractivity contribution is 5.18. The van der Waals surface area contributed by atoms with Crippen LogP contribution in [0.3, 0.4) is 0 Å². The van der Waals surface area contributed by atoms with Gasteiger partial charge in [0.15, 0.2) is 0 Å². The quantitative estimate of drug-likeness (QED) is 0.722. The molecular formula is C13H19NO. The Morgan fingerprint density at radius 2 is 2.40 bits per heavy atom. The molecule has 1 atom stereocenters. The SMILES string of the molecule is C#CCCC(NCCC)c1occc1C. The Bertz CT molecular complexity index is 322. The lowest BCUT2D eigenvalue weighted by molar-refractivity contribution is 0.396. The van der Waals surface area contributed by atoms with Crippen LogP contribution < -0.4 is 5.32 Å². The first-order valence-corrected chi connectivity index (χ1v) is 5.50. The van der Waals surface area contributed by atoms with E-state index in [9.17, 15) is 0 Å². The third-order valence-electron chi connectivity index (χ3n) is 2.44. The number of rotatable bonds is 6. The van der Waals surface area contributed by atoms with Crippen molar-refractivity contribution in [3.63, 3.8) is 0 Å². The van der Waals surface area contributed by atoms with E-state index in [1.54, 1.807) is 6.26 Å². The molecule has 1 unspecified atom stereocenters. The summed E-state index contributed by atoms with van der Waals surface area (Å²) in [5.41, 5.74) is 1.20. The summed E-state index contributed by atoms with van der Waals surface area (Å²) in [5.74, 6) is 3.70. The van der Waals surface area contributed by atoms with E-state index in [-0.39, 0.29) is 6.04 Å². The molecule has 0 bridgehead atoms. The van der Waals surface area contributed by atoms with Crippen LogP contribution in [0.15, 0.2) is 16.7 Å². The van der Waals surface area contributed by atoms with Gasteiger partial charge >= 0.3 is 0 Å². The van der Waals surface area contributed by atoms with Crippen molar-refractivity contribution in [2.45, 2.75) is 39.2 Å². The van der Waals surface area contributed by atoms with Gasteiger partial charge in [-0.15, -0.1) is 12.3 Å². The molecule has 0 saturated heterocycles. The van der Waals surface area contributed by atoms with Crippen molar-refractivity contribution >= 4 is 0 Å². The van der Waals surface area contributed by atoms with E-state index in [2.05, 4.69) is 25.1 Å². The summed E-state index contributed by atoms with van der Waals surface area (Å²) in [7, 11) is 0. The van der Waals surface area contributed by atoms with Gasteiger partial charge in [0.1, 0.15) is 5.76 Å². The zero-order valence-corrected chi connectivity index (χ0v) is 9.55. The van der Waals surface area contributed by atoms with Crippen molar-refractivity contribution in [3.8, 4) is 12.3 Å². The van der Waals surface area contributed by atoms with Gasteiger partial charge in [-0.3, -0.25) is 0 Å². The lowest BCUT2D eigenvalue weighted by Crippen LogP contribution is -2.22. The molecular weight excluding hydrogens is 186 g/mol. The fourth-order valence-electron chi connectivity index (χ4n) is 1.61. The molecule has 82 valence electrons. The van der Waals surface area contributed by atoms with Crippen molar-refractivity contribution in [3.05, 3.63) is 23.7 Å². The van der Waals surface area contributed by atoms with Crippen LogP contribution >= 0.6 is 0 Å². The van der Waals surface area contributed by atoms with Gasteiger partial charge in [0.25, 0.3) is 0 Å². The molecule has 0 radical (unpaired) electrons. The van der Waals surface area contributed by atoms with Crippen LogP contribution in [-0.2, 0) is 0 Å². The monoisotopic (exact) mass is 205 g/mol. The number of aryl methyl sites for hydroxylation is 1. The molecule has 1 N–H and O–H groups in total.